The zero-order valence-electron chi connectivity index (χ0n) is 16.8. The Morgan fingerprint density at radius 1 is 1.15 bits per heavy atom. The lowest BCUT2D eigenvalue weighted by Crippen LogP contribution is -2.33. The van der Waals surface area contributed by atoms with E-state index in [0.29, 0.717) is 11.6 Å². The normalized spacial score (nSPS) is 13.6. The SMILES string of the molecule is Cc1ccc(OCC(O)CNC(C)c2cccc(Cl)c2)c(C(C)(C)C)c1.Cl. The molecule has 0 heterocycles. The molecule has 0 fully saturated rings. The highest BCUT2D eigenvalue weighted by Crippen LogP contribution is 2.32. The Hall–Kier alpha value is -1.26. The Bertz CT molecular complexity index is 728. The molecule has 0 amide bonds. The van der Waals surface area contributed by atoms with Crippen molar-refractivity contribution in [3.8, 4) is 5.75 Å². The summed E-state index contributed by atoms with van der Waals surface area (Å²) in [5.74, 6) is 0.838. The molecular formula is C22H31Cl2NO2. The van der Waals surface area contributed by atoms with Gasteiger partial charge in [-0.25, -0.2) is 0 Å². The molecule has 0 aliphatic rings. The molecule has 0 aromatic heterocycles. The third kappa shape index (κ3) is 7.34. The van der Waals surface area contributed by atoms with Crippen LogP contribution in [-0.2, 0) is 5.41 Å². The first-order valence-corrected chi connectivity index (χ1v) is 9.45. The Kier molecular flexibility index (Phi) is 9.10. The zero-order chi connectivity index (χ0) is 19.3. The standard InChI is InChI=1S/C22H30ClNO2.ClH/c1-15-9-10-21(20(11-15)22(3,4)5)26-14-19(25)13-24-16(2)17-7-6-8-18(23)12-17;/h6-12,16,19,24-25H,13-14H2,1-5H3;1H. The maximum absolute atomic E-state index is 10.3. The summed E-state index contributed by atoms with van der Waals surface area (Å²) in [7, 11) is 0. The number of aryl methyl sites for hydroxylation is 1. The molecule has 0 radical (unpaired) electrons. The van der Waals surface area contributed by atoms with E-state index >= 15 is 0 Å². The van der Waals surface area contributed by atoms with E-state index in [0.717, 1.165) is 16.9 Å². The smallest absolute Gasteiger partial charge is 0.123 e. The molecule has 2 aromatic carbocycles. The van der Waals surface area contributed by atoms with Crippen molar-refractivity contribution in [1.29, 1.82) is 0 Å². The van der Waals surface area contributed by atoms with Gasteiger partial charge in [-0.2, -0.15) is 0 Å². The fourth-order valence-corrected chi connectivity index (χ4v) is 3.01. The summed E-state index contributed by atoms with van der Waals surface area (Å²) >= 11 is 6.03. The Morgan fingerprint density at radius 2 is 1.85 bits per heavy atom. The molecule has 0 spiro atoms. The second kappa shape index (κ2) is 10.3. The first kappa shape index (κ1) is 23.8. The van der Waals surface area contributed by atoms with Crippen LogP contribution in [-0.4, -0.2) is 24.4 Å². The van der Waals surface area contributed by atoms with Crippen LogP contribution >= 0.6 is 24.0 Å². The third-order valence-electron chi connectivity index (χ3n) is 4.38. The third-order valence-corrected chi connectivity index (χ3v) is 4.62. The van der Waals surface area contributed by atoms with Crippen molar-refractivity contribution in [2.75, 3.05) is 13.2 Å². The van der Waals surface area contributed by atoms with E-state index in [2.05, 4.69) is 46.0 Å². The van der Waals surface area contributed by atoms with Crippen LogP contribution in [0.1, 0.15) is 50.4 Å². The highest BCUT2D eigenvalue weighted by atomic mass is 35.5. The van der Waals surface area contributed by atoms with Crippen molar-refractivity contribution >= 4 is 24.0 Å². The van der Waals surface area contributed by atoms with Crippen LogP contribution < -0.4 is 10.1 Å². The highest BCUT2D eigenvalue weighted by Gasteiger charge is 2.20. The van der Waals surface area contributed by atoms with Gasteiger partial charge in [-0.15, -0.1) is 12.4 Å². The lowest BCUT2D eigenvalue weighted by Gasteiger charge is -2.24. The second-order valence-electron chi connectivity index (χ2n) is 7.90. The number of rotatable bonds is 7. The molecule has 2 unspecified atom stereocenters. The molecule has 150 valence electrons. The first-order valence-electron chi connectivity index (χ1n) is 9.07. The van der Waals surface area contributed by atoms with Crippen molar-refractivity contribution < 1.29 is 9.84 Å². The van der Waals surface area contributed by atoms with E-state index in [-0.39, 0.29) is 30.5 Å². The van der Waals surface area contributed by atoms with Crippen molar-refractivity contribution in [2.45, 2.75) is 52.2 Å². The van der Waals surface area contributed by atoms with Crippen molar-refractivity contribution in [3.63, 3.8) is 0 Å². The maximum Gasteiger partial charge on any atom is 0.123 e. The van der Waals surface area contributed by atoms with Crippen LogP contribution in [0.3, 0.4) is 0 Å². The van der Waals surface area contributed by atoms with Gasteiger partial charge in [0.1, 0.15) is 18.5 Å². The number of hydrogen-bond donors (Lipinski definition) is 2. The van der Waals surface area contributed by atoms with Crippen LogP contribution in [0.4, 0.5) is 0 Å². The largest absolute Gasteiger partial charge is 0.491 e. The summed E-state index contributed by atoms with van der Waals surface area (Å²) in [6.07, 6.45) is -0.592. The van der Waals surface area contributed by atoms with E-state index in [1.807, 2.05) is 36.4 Å². The Balaban J connectivity index is 0.00000364. The molecule has 0 aliphatic heterocycles. The van der Waals surface area contributed by atoms with E-state index in [9.17, 15) is 5.11 Å². The van der Waals surface area contributed by atoms with E-state index in [4.69, 9.17) is 16.3 Å². The van der Waals surface area contributed by atoms with Gasteiger partial charge < -0.3 is 15.2 Å². The van der Waals surface area contributed by atoms with Crippen LogP contribution in [0, 0.1) is 6.92 Å². The van der Waals surface area contributed by atoms with E-state index in [1.54, 1.807) is 0 Å². The first-order chi connectivity index (χ1) is 12.2. The predicted octanol–water partition coefficient (Wildman–Crippen LogP) is 5.46. The summed E-state index contributed by atoms with van der Waals surface area (Å²) in [5.41, 5.74) is 3.45. The minimum atomic E-state index is -0.592. The predicted molar refractivity (Wildman–Crippen MR) is 116 cm³/mol. The fourth-order valence-electron chi connectivity index (χ4n) is 2.81. The molecule has 2 aromatic rings. The molecule has 2 rings (SSSR count). The topological polar surface area (TPSA) is 41.5 Å². The molecule has 0 aliphatic carbocycles. The molecule has 27 heavy (non-hydrogen) atoms. The Labute approximate surface area is 174 Å². The van der Waals surface area contributed by atoms with Gasteiger partial charge in [-0.3, -0.25) is 0 Å². The molecule has 5 heteroatoms. The number of nitrogens with one attached hydrogen (secondary N) is 1. The number of ether oxygens (including phenoxy) is 1. The molecule has 0 bridgehead atoms. The molecule has 0 saturated carbocycles. The van der Waals surface area contributed by atoms with Gasteiger partial charge in [0, 0.05) is 17.6 Å². The molecule has 3 nitrogen and oxygen atoms in total. The number of aliphatic hydroxyl groups is 1. The van der Waals surface area contributed by atoms with Gasteiger partial charge in [-0.05, 0) is 48.6 Å². The van der Waals surface area contributed by atoms with Gasteiger partial charge in [-0.1, -0.05) is 62.2 Å². The lowest BCUT2D eigenvalue weighted by atomic mass is 9.85. The Morgan fingerprint density at radius 3 is 2.48 bits per heavy atom. The van der Waals surface area contributed by atoms with Crippen molar-refractivity contribution in [3.05, 3.63) is 64.2 Å². The fraction of sp³-hybridized carbons (Fsp3) is 0.455. The van der Waals surface area contributed by atoms with Crippen LogP contribution in [0.2, 0.25) is 5.02 Å². The lowest BCUT2D eigenvalue weighted by molar-refractivity contribution is 0.103. The number of halogens is 2. The van der Waals surface area contributed by atoms with Gasteiger partial charge in [0.15, 0.2) is 0 Å². The summed E-state index contributed by atoms with van der Waals surface area (Å²) in [5, 5.41) is 14.3. The van der Waals surface area contributed by atoms with E-state index < -0.39 is 6.10 Å². The summed E-state index contributed by atoms with van der Waals surface area (Å²) in [6, 6.07) is 14.0. The maximum atomic E-state index is 10.3. The van der Waals surface area contributed by atoms with Crippen molar-refractivity contribution in [1.82, 2.24) is 5.32 Å². The average Bonchev–Trinajstić information content (AvgIpc) is 2.57. The zero-order valence-corrected chi connectivity index (χ0v) is 18.3. The number of aliphatic hydroxyl groups excluding tert-OH is 1. The van der Waals surface area contributed by atoms with Gasteiger partial charge >= 0.3 is 0 Å². The van der Waals surface area contributed by atoms with Crippen molar-refractivity contribution in [2.24, 2.45) is 0 Å². The minimum Gasteiger partial charge on any atom is -0.491 e. The minimum absolute atomic E-state index is 0. The quantitative estimate of drug-likeness (QED) is 0.635. The number of hydrogen-bond acceptors (Lipinski definition) is 3. The van der Waals surface area contributed by atoms with Crippen LogP contribution in [0.15, 0.2) is 42.5 Å². The highest BCUT2D eigenvalue weighted by molar-refractivity contribution is 6.30. The molecule has 0 saturated heterocycles. The van der Waals surface area contributed by atoms with Crippen LogP contribution in [0.5, 0.6) is 5.75 Å². The summed E-state index contributed by atoms with van der Waals surface area (Å²) in [6.45, 7) is 11.3. The van der Waals surface area contributed by atoms with E-state index in [1.165, 1.54) is 5.56 Å². The average molecular weight is 412 g/mol. The summed E-state index contributed by atoms with van der Waals surface area (Å²) < 4.78 is 5.93. The monoisotopic (exact) mass is 411 g/mol. The molecular weight excluding hydrogens is 381 g/mol. The van der Waals surface area contributed by atoms with Crippen LogP contribution in [0.25, 0.3) is 0 Å². The van der Waals surface area contributed by atoms with Gasteiger partial charge in [0.25, 0.3) is 0 Å². The summed E-state index contributed by atoms with van der Waals surface area (Å²) in [4.78, 5) is 0. The number of benzene rings is 2. The van der Waals surface area contributed by atoms with Gasteiger partial charge in [0.05, 0.1) is 0 Å². The second-order valence-corrected chi connectivity index (χ2v) is 8.34. The molecule has 2 atom stereocenters. The molecule has 2 N–H and O–H groups in total. The van der Waals surface area contributed by atoms with Gasteiger partial charge in [0.2, 0.25) is 0 Å².